The standard InChI is InChI=1S/C19H17Cl2N3O2/c1-24(10-17-22-23-19(26-17)11-5-3-2-4-6-11)18-14-7-12(20)8-15(21)13(14)9-16(18)25/h2-8,16,18,25H,9-10H2,1H3/t16-,18+/m1/s1. The van der Waals surface area contributed by atoms with Crippen LogP contribution in [-0.2, 0) is 13.0 Å². The largest absolute Gasteiger partial charge is 0.419 e. The number of fused-ring (bicyclic) bond motifs is 1. The molecule has 0 fully saturated rings. The molecule has 0 spiro atoms. The molecule has 4 rings (SSSR count). The zero-order chi connectivity index (χ0) is 18.3. The Morgan fingerprint density at radius 1 is 1.19 bits per heavy atom. The summed E-state index contributed by atoms with van der Waals surface area (Å²) in [7, 11) is 1.91. The minimum absolute atomic E-state index is 0.228. The van der Waals surface area contributed by atoms with Crippen molar-refractivity contribution in [2.75, 3.05) is 7.05 Å². The molecule has 2 aromatic carbocycles. The molecule has 0 unspecified atom stereocenters. The Kier molecular flexibility index (Phi) is 4.71. The lowest BCUT2D eigenvalue weighted by Gasteiger charge is -2.26. The number of halogens is 2. The van der Waals surface area contributed by atoms with Gasteiger partial charge in [0, 0.05) is 22.0 Å². The molecule has 1 aromatic heterocycles. The molecule has 2 atom stereocenters. The number of hydrogen-bond donors (Lipinski definition) is 1. The van der Waals surface area contributed by atoms with Crippen molar-refractivity contribution in [3.05, 3.63) is 69.5 Å². The molecule has 7 heteroatoms. The lowest BCUT2D eigenvalue weighted by molar-refractivity contribution is 0.0680. The number of aliphatic hydroxyl groups is 1. The van der Waals surface area contributed by atoms with Gasteiger partial charge in [0.2, 0.25) is 11.8 Å². The molecular weight excluding hydrogens is 373 g/mol. The van der Waals surface area contributed by atoms with Gasteiger partial charge in [-0.3, -0.25) is 4.90 Å². The highest BCUT2D eigenvalue weighted by molar-refractivity contribution is 6.35. The van der Waals surface area contributed by atoms with E-state index in [0.29, 0.717) is 34.8 Å². The Morgan fingerprint density at radius 2 is 1.96 bits per heavy atom. The summed E-state index contributed by atoms with van der Waals surface area (Å²) in [5, 5.41) is 19.9. The number of aromatic nitrogens is 2. The van der Waals surface area contributed by atoms with Gasteiger partial charge in [0.05, 0.1) is 18.7 Å². The Balaban J connectivity index is 1.56. The van der Waals surface area contributed by atoms with Crippen molar-refractivity contribution in [2.24, 2.45) is 0 Å². The van der Waals surface area contributed by atoms with Crippen molar-refractivity contribution in [1.29, 1.82) is 0 Å². The van der Waals surface area contributed by atoms with Crippen LogP contribution in [0.25, 0.3) is 11.5 Å². The lowest BCUT2D eigenvalue weighted by Crippen LogP contribution is -2.30. The van der Waals surface area contributed by atoms with Crippen LogP contribution in [0.5, 0.6) is 0 Å². The summed E-state index contributed by atoms with van der Waals surface area (Å²) >= 11 is 12.4. The summed E-state index contributed by atoms with van der Waals surface area (Å²) in [6.45, 7) is 0.408. The van der Waals surface area contributed by atoms with Crippen LogP contribution in [-0.4, -0.2) is 33.4 Å². The zero-order valence-corrected chi connectivity index (χ0v) is 15.6. The second kappa shape index (κ2) is 7.00. The van der Waals surface area contributed by atoms with Gasteiger partial charge in [-0.1, -0.05) is 41.4 Å². The van der Waals surface area contributed by atoms with E-state index in [1.54, 1.807) is 6.07 Å². The first-order valence-corrected chi connectivity index (χ1v) is 9.02. The molecule has 0 amide bonds. The predicted octanol–water partition coefficient (Wildman–Crippen LogP) is 4.13. The topological polar surface area (TPSA) is 62.4 Å². The molecule has 1 aliphatic rings. The first-order chi connectivity index (χ1) is 12.5. The summed E-state index contributed by atoms with van der Waals surface area (Å²) in [6.07, 6.45) is -0.0677. The van der Waals surface area contributed by atoms with E-state index in [2.05, 4.69) is 10.2 Å². The SMILES string of the molecule is CN(Cc1nnc(-c2ccccc2)o1)[C@H]1c2cc(Cl)cc(Cl)c2C[C@H]1O. The van der Waals surface area contributed by atoms with Crippen LogP contribution >= 0.6 is 23.2 Å². The van der Waals surface area contributed by atoms with E-state index < -0.39 is 6.10 Å². The van der Waals surface area contributed by atoms with Crippen LogP contribution in [0.1, 0.15) is 23.1 Å². The summed E-state index contributed by atoms with van der Waals surface area (Å²) in [5.74, 6) is 0.965. The van der Waals surface area contributed by atoms with E-state index in [1.807, 2.05) is 48.3 Å². The molecule has 1 N–H and O–H groups in total. The molecule has 0 aliphatic heterocycles. The van der Waals surface area contributed by atoms with E-state index in [4.69, 9.17) is 27.6 Å². The van der Waals surface area contributed by atoms with Gasteiger partial charge in [0.1, 0.15) is 0 Å². The molecule has 3 aromatic rings. The molecule has 5 nitrogen and oxygen atoms in total. The molecule has 1 heterocycles. The molecule has 134 valence electrons. The average Bonchev–Trinajstić information content (AvgIpc) is 3.20. The van der Waals surface area contributed by atoms with E-state index in [0.717, 1.165) is 16.7 Å². The van der Waals surface area contributed by atoms with E-state index in [-0.39, 0.29) is 6.04 Å². The van der Waals surface area contributed by atoms with Crippen LogP contribution in [0.15, 0.2) is 46.9 Å². The zero-order valence-electron chi connectivity index (χ0n) is 14.1. The normalized spacial score (nSPS) is 19.1. The maximum atomic E-state index is 10.5. The predicted molar refractivity (Wildman–Crippen MR) is 100 cm³/mol. The van der Waals surface area contributed by atoms with Gasteiger partial charge in [0.25, 0.3) is 0 Å². The van der Waals surface area contributed by atoms with Gasteiger partial charge in [-0.05, 0) is 42.4 Å². The summed E-state index contributed by atoms with van der Waals surface area (Å²) in [6, 6.07) is 13.0. The minimum Gasteiger partial charge on any atom is -0.419 e. The third-order valence-corrected chi connectivity index (χ3v) is 5.19. The summed E-state index contributed by atoms with van der Waals surface area (Å²) in [4.78, 5) is 1.98. The number of benzene rings is 2. The van der Waals surface area contributed by atoms with Crippen LogP contribution < -0.4 is 0 Å². The maximum Gasteiger partial charge on any atom is 0.247 e. The van der Waals surface area contributed by atoms with Crippen LogP contribution in [0.2, 0.25) is 10.0 Å². The third kappa shape index (κ3) is 3.23. The van der Waals surface area contributed by atoms with Crippen molar-refractivity contribution < 1.29 is 9.52 Å². The highest BCUT2D eigenvalue weighted by atomic mass is 35.5. The molecule has 0 radical (unpaired) electrons. The molecular formula is C19H17Cl2N3O2. The van der Waals surface area contributed by atoms with Crippen molar-refractivity contribution >= 4 is 23.2 Å². The third-order valence-electron chi connectivity index (χ3n) is 4.64. The van der Waals surface area contributed by atoms with Crippen LogP contribution in [0.4, 0.5) is 0 Å². The van der Waals surface area contributed by atoms with Crippen molar-refractivity contribution in [3.63, 3.8) is 0 Å². The average molecular weight is 390 g/mol. The molecule has 0 bridgehead atoms. The number of hydrogen-bond acceptors (Lipinski definition) is 5. The van der Waals surface area contributed by atoms with Gasteiger partial charge in [0.15, 0.2) is 0 Å². The highest BCUT2D eigenvalue weighted by Gasteiger charge is 2.36. The number of likely N-dealkylation sites (N-methyl/N-ethyl adjacent to an activating group) is 1. The second-order valence-electron chi connectivity index (χ2n) is 6.45. The Bertz CT molecular complexity index is 930. The molecule has 0 saturated carbocycles. The van der Waals surface area contributed by atoms with Gasteiger partial charge in [-0.2, -0.15) is 0 Å². The summed E-state index contributed by atoms with van der Waals surface area (Å²) < 4.78 is 5.77. The van der Waals surface area contributed by atoms with Crippen molar-refractivity contribution in [2.45, 2.75) is 25.1 Å². The van der Waals surface area contributed by atoms with E-state index in [9.17, 15) is 5.11 Å². The van der Waals surface area contributed by atoms with Gasteiger partial charge in [-0.25, -0.2) is 0 Å². The Labute approximate surface area is 161 Å². The second-order valence-corrected chi connectivity index (χ2v) is 7.30. The Hall–Kier alpha value is -1.92. The molecule has 26 heavy (non-hydrogen) atoms. The number of rotatable bonds is 4. The fourth-order valence-electron chi connectivity index (χ4n) is 3.49. The first kappa shape index (κ1) is 17.5. The quantitative estimate of drug-likeness (QED) is 0.726. The minimum atomic E-state index is -0.567. The van der Waals surface area contributed by atoms with E-state index in [1.165, 1.54) is 0 Å². The van der Waals surface area contributed by atoms with Gasteiger partial charge < -0.3 is 9.52 Å². The fraction of sp³-hybridized carbons (Fsp3) is 0.263. The smallest absolute Gasteiger partial charge is 0.247 e. The fourth-order valence-corrected chi connectivity index (χ4v) is 4.07. The van der Waals surface area contributed by atoms with Crippen LogP contribution in [0, 0.1) is 0 Å². The highest BCUT2D eigenvalue weighted by Crippen LogP contribution is 2.41. The number of aliphatic hydroxyl groups excluding tert-OH is 1. The van der Waals surface area contributed by atoms with Gasteiger partial charge in [-0.15, -0.1) is 10.2 Å². The first-order valence-electron chi connectivity index (χ1n) is 8.27. The van der Waals surface area contributed by atoms with Crippen LogP contribution in [0.3, 0.4) is 0 Å². The number of nitrogens with zero attached hydrogens (tertiary/aromatic N) is 3. The molecule has 1 aliphatic carbocycles. The van der Waals surface area contributed by atoms with Gasteiger partial charge >= 0.3 is 0 Å². The lowest BCUT2D eigenvalue weighted by atomic mass is 10.1. The monoisotopic (exact) mass is 389 g/mol. The van der Waals surface area contributed by atoms with Crippen molar-refractivity contribution in [3.8, 4) is 11.5 Å². The maximum absolute atomic E-state index is 10.5. The molecule has 0 saturated heterocycles. The summed E-state index contributed by atoms with van der Waals surface area (Å²) in [5.41, 5.74) is 2.76. The Morgan fingerprint density at radius 3 is 2.73 bits per heavy atom. The van der Waals surface area contributed by atoms with Crippen molar-refractivity contribution in [1.82, 2.24) is 15.1 Å². The van der Waals surface area contributed by atoms with E-state index >= 15 is 0 Å².